The fourth-order valence-electron chi connectivity index (χ4n) is 3.50. The number of methoxy groups -OCH3 is 1. The third-order valence-electron chi connectivity index (χ3n) is 5.08. The highest BCUT2D eigenvalue weighted by atomic mass is 32.2. The summed E-state index contributed by atoms with van der Waals surface area (Å²) in [6.07, 6.45) is 5.01. The molecule has 0 unspecified atom stereocenters. The Kier molecular flexibility index (Phi) is 5.89. The van der Waals surface area contributed by atoms with Gasteiger partial charge in [-0.05, 0) is 44.4 Å². The van der Waals surface area contributed by atoms with Gasteiger partial charge in [0.1, 0.15) is 11.5 Å². The predicted octanol–water partition coefficient (Wildman–Crippen LogP) is 3.95. The largest absolute Gasteiger partial charge is 0.497 e. The number of furan rings is 1. The van der Waals surface area contributed by atoms with Gasteiger partial charge < -0.3 is 14.1 Å². The van der Waals surface area contributed by atoms with Gasteiger partial charge in [0.15, 0.2) is 11.0 Å². The minimum atomic E-state index is 0.149. The lowest BCUT2D eigenvalue weighted by atomic mass is 10.1. The molecule has 8 heteroatoms. The van der Waals surface area contributed by atoms with E-state index in [4.69, 9.17) is 9.15 Å². The van der Waals surface area contributed by atoms with Crippen LogP contribution in [0.2, 0.25) is 0 Å². The summed E-state index contributed by atoms with van der Waals surface area (Å²) in [5, 5.41) is 9.46. The molecule has 0 spiro atoms. The molecule has 152 valence electrons. The van der Waals surface area contributed by atoms with Gasteiger partial charge in [0, 0.05) is 19.2 Å². The van der Waals surface area contributed by atoms with Crippen LogP contribution in [-0.4, -0.2) is 51.5 Å². The second-order valence-electron chi connectivity index (χ2n) is 6.96. The average molecular weight is 413 g/mol. The number of ether oxygens (including phenoxy) is 1. The van der Waals surface area contributed by atoms with Crippen LogP contribution in [0.25, 0.3) is 17.1 Å². The Hall–Kier alpha value is -2.74. The first-order chi connectivity index (χ1) is 14.2. The molecule has 0 bridgehead atoms. The summed E-state index contributed by atoms with van der Waals surface area (Å²) in [6, 6.07) is 9.60. The number of hydrogen-bond acceptors (Lipinski definition) is 6. The molecule has 1 fully saturated rings. The van der Waals surface area contributed by atoms with Crippen molar-refractivity contribution in [1.29, 1.82) is 0 Å². The molecule has 2 aromatic heterocycles. The van der Waals surface area contributed by atoms with E-state index in [0.717, 1.165) is 48.7 Å². The Morgan fingerprint density at radius 2 is 2.03 bits per heavy atom. The number of likely N-dealkylation sites (tertiary alicyclic amines) is 1. The van der Waals surface area contributed by atoms with Crippen LogP contribution in [0.15, 0.2) is 46.2 Å². The Morgan fingerprint density at radius 1 is 1.21 bits per heavy atom. The number of benzene rings is 1. The van der Waals surface area contributed by atoms with Gasteiger partial charge in [-0.1, -0.05) is 17.8 Å². The number of aromatic nitrogens is 3. The van der Waals surface area contributed by atoms with Crippen molar-refractivity contribution >= 4 is 17.7 Å². The molecule has 3 heterocycles. The minimum Gasteiger partial charge on any atom is -0.497 e. The molecule has 1 aliphatic heterocycles. The van der Waals surface area contributed by atoms with Crippen molar-refractivity contribution in [1.82, 2.24) is 19.7 Å². The molecule has 0 radical (unpaired) electrons. The van der Waals surface area contributed by atoms with Gasteiger partial charge in [-0.2, -0.15) is 0 Å². The molecule has 1 aliphatic rings. The summed E-state index contributed by atoms with van der Waals surface area (Å²) in [7, 11) is 1.64. The first kappa shape index (κ1) is 19.6. The van der Waals surface area contributed by atoms with E-state index in [2.05, 4.69) is 10.2 Å². The van der Waals surface area contributed by atoms with Crippen molar-refractivity contribution in [3.05, 3.63) is 42.4 Å². The van der Waals surface area contributed by atoms with Crippen molar-refractivity contribution in [3.8, 4) is 22.8 Å². The zero-order valence-electron chi connectivity index (χ0n) is 16.6. The Balaban J connectivity index is 1.65. The quantitative estimate of drug-likeness (QED) is 0.571. The molecule has 4 rings (SSSR count). The summed E-state index contributed by atoms with van der Waals surface area (Å²) < 4.78 is 12.8. The standard InChI is InChI=1S/C21H24N4O3S/c1-15-18(9-12-28-15)20-22-23-21(25(20)16-7-6-8-17(13-16)27-2)29-14-19(26)24-10-4-3-5-11-24/h6-9,12-13H,3-5,10-11,14H2,1-2H3. The van der Waals surface area contributed by atoms with Crippen LogP contribution < -0.4 is 4.74 Å². The van der Waals surface area contributed by atoms with Crippen LogP contribution in [0.1, 0.15) is 25.0 Å². The minimum absolute atomic E-state index is 0.149. The van der Waals surface area contributed by atoms with Crippen molar-refractivity contribution in [3.63, 3.8) is 0 Å². The maximum absolute atomic E-state index is 12.6. The maximum atomic E-state index is 12.6. The zero-order valence-corrected chi connectivity index (χ0v) is 17.4. The SMILES string of the molecule is COc1cccc(-n2c(SCC(=O)N3CCCCC3)nnc2-c2ccoc2C)c1. The van der Waals surface area contributed by atoms with Crippen LogP contribution in [0.3, 0.4) is 0 Å². The molecule has 7 nitrogen and oxygen atoms in total. The van der Waals surface area contributed by atoms with Gasteiger partial charge in [0.2, 0.25) is 5.91 Å². The average Bonchev–Trinajstić information content (AvgIpc) is 3.38. The number of thioether (sulfide) groups is 1. The van der Waals surface area contributed by atoms with Crippen LogP contribution in [-0.2, 0) is 4.79 Å². The summed E-state index contributed by atoms with van der Waals surface area (Å²) >= 11 is 1.41. The van der Waals surface area contributed by atoms with E-state index < -0.39 is 0 Å². The number of hydrogen-bond donors (Lipinski definition) is 0. The molecular weight excluding hydrogens is 388 g/mol. The van der Waals surface area contributed by atoms with Gasteiger partial charge in [-0.25, -0.2) is 0 Å². The van der Waals surface area contributed by atoms with Crippen LogP contribution >= 0.6 is 11.8 Å². The number of aryl methyl sites for hydroxylation is 1. The van der Waals surface area contributed by atoms with E-state index in [1.54, 1.807) is 13.4 Å². The normalized spacial score (nSPS) is 14.2. The van der Waals surface area contributed by atoms with Gasteiger partial charge in [-0.3, -0.25) is 9.36 Å². The molecule has 0 atom stereocenters. The topological polar surface area (TPSA) is 73.4 Å². The molecule has 1 aromatic carbocycles. The fourth-order valence-corrected chi connectivity index (χ4v) is 4.35. The highest BCUT2D eigenvalue weighted by Crippen LogP contribution is 2.31. The maximum Gasteiger partial charge on any atom is 0.233 e. The highest BCUT2D eigenvalue weighted by Gasteiger charge is 2.22. The molecule has 0 saturated carbocycles. The first-order valence-corrected chi connectivity index (χ1v) is 10.7. The van der Waals surface area contributed by atoms with E-state index in [9.17, 15) is 4.79 Å². The number of carbonyl (C=O) groups is 1. The number of amides is 1. The first-order valence-electron chi connectivity index (χ1n) is 9.72. The van der Waals surface area contributed by atoms with Gasteiger partial charge in [0.25, 0.3) is 0 Å². The fraction of sp³-hybridized carbons (Fsp3) is 0.381. The summed E-state index contributed by atoms with van der Waals surface area (Å²) in [6.45, 7) is 3.59. The molecule has 3 aromatic rings. The number of rotatable bonds is 6. The number of carbonyl (C=O) groups excluding carboxylic acids is 1. The molecule has 0 N–H and O–H groups in total. The third kappa shape index (κ3) is 4.17. The second kappa shape index (κ2) is 8.73. The van der Waals surface area contributed by atoms with E-state index in [1.165, 1.54) is 18.2 Å². The van der Waals surface area contributed by atoms with E-state index in [-0.39, 0.29) is 5.91 Å². The van der Waals surface area contributed by atoms with E-state index in [1.807, 2.05) is 46.7 Å². The summed E-state index contributed by atoms with van der Waals surface area (Å²) in [5.74, 6) is 2.68. The number of nitrogens with zero attached hydrogens (tertiary/aromatic N) is 4. The van der Waals surface area contributed by atoms with E-state index in [0.29, 0.717) is 16.7 Å². The summed E-state index contributed by atoms with van der Waals surface area (Å²) in [5.41, 5.74) is 1.74. The molecule has 0 aliphatic carbocycles. The van der Waals surface area contributed by atoms with E-state index >= 15 is 0 Å². The Bertz CT molecular complexity index is 991. The van der Waals surface area contributed by atoms with Crippen LogP contribution in [0.4, 0.5) is 0 Å². The third-order valence-corrected chi connectivity index (χ3v) is 5.99. The van der Waals surface area contributed by atoms with Gasteiger partial charge in [0.05, 0.1) is 30.4 Å². The summed E-state index contributed by atoms with van der Waals surface area (Å²) in [4.78, 5) is 14.6. The second-order valence-corrected chi connectivity index (χ2v) is 7.91. The molecule has 1 saturated heterocycles. The van der Waals surface area contributed by atoms with Crippen molar-refractivity contribution < 1.29 is 13.9 Å². The van der Waals surface area contributed by atoms with Crippen molar-refractivity contribution in [2.75, 3.05) is 26.0 Å². The van der Waals surface area contributed by atoms with Gasteiger partial charge in [-0.15, -0.1) is 10.2 Å². The number of piperidine rings is 1. The lowest BCUT2D eigenvalue weighted by Crippen LogP contribution is -2.36. The molecule has 29 heavy (non-hydrogen) atoms. The Labute approximate surface area is 174 Å². The lowest BCUT2D eigenvalue weighted by molar-refractivity contribution is -0.129. The van der Waals surface area contributed by atoms with Gasteiger partial charge >= 0.3 is 0 Å². The molecule has 1 amide bonds. The monoisotopic (exact) mass is 412 g/mol. The Morgan fingerprint density at radius 3 is 2.76 bits per heavy atom. The van der Waals surface area contributed by atoms with Crippen LogP contribution in [0.5, 0.6) is 5.75 Å². The lowest BCUT2D eigenvalue weighted by Gasteiger charge is -2.26. The highest BCUT2D eigenvalue weighted by molar-refractivity contribution is 7.99. The zero-order chi connectivity index (χ0) is 20.2. The predicted molar refractivity (Wildman–Crippen MR) is 112 cm³/mol. The smallest absolute Gasteiger partial charge is 0.233 e. The van der Waals surface area contributed by atoms with Crippen molar-refractivity contribution in [2.24, 2.45) is 0 Å². The van der Waals surface area contributed by atoms with Crippen LogP contribution in [0, 0.1) is 6.92 Å². The van der Waals surface area contributed by atoms with Crippen molar-refractivity contribution in [2.45, 2.75) is 31.3 Å². The molecular formula is C21H24N4O3S.